The Morgan fingerprint density at radius 1 is 1.20 bits per heavy atom. The Kier molecular flexibility index (Phi) is 2.48. The number of nitrogens with zero attached hydrogens (tertiary/aromatic N) is 1. The number of alkyl halides is 2. The van der Waals surface area contributed by atoms with Gasteiger partial charge in [0.1, 0.15) is 0 Å². The van der Waals surface area contributed by atoms with Gasteiger partial charge in [0, 0.05) is 18.9 Å². The molecule has 2 aliphatic rings. The standard InChI is InChI=1S/C10H13F2NO2/c11-10(12)3-1-7(2-4-10)13-6-8(14)5-9(13)15/h7H,1-6H2. The zero-order valence-corrected chi connectivity index (χ0v) is 8.34. The van der Waals surface area contributed by atoms with E-state index in [1.165, 1.54) is 4.90 Å². The van der Waals surface area contributed by atoms with Gasteiger partial charge < -0.3 is 4.90 Å². The predicted octanol–water partition coefficient (Wildman–Crippen LogP) is 1.37. The second-order valence-corrected chi connectivity index (χ2v) is 4.32. The molecule has 2 fully saturated rings. The minimum Gasteiger partial charge on any atom is -0.332 e. The fourth-order valence-electron chi connectivity index (χ4n) is 2.27. The Morgan fingerprint density at radius 2 is 1.80 bits per heavy atom. The minimum atomic E-state index is -2.58. The monoisotopic (exact) mass is 217 g/mol. The van der Waals surface area contributed by atoms with Crippen molar-refractivity contribution in [2.24, 2.45) is 0 Å². The molecule has 1 aliphatic carbocycles. The van der Waals surface area contributed by atoms with Gasteiger partial charge in [-0.2, -0.15) is 0 Å². The third kappa shape index (κ3) is 2.16. The number of amides is 1. The van der Waals surface area contributed by atoms with Crippen LogP contribution in [0.1, 0.15) is 32.1 Å². The molecule has 84 valence electrons. The molecule has 1 saturated carbocycles. The molecule has 2 rings (SSSR count). The summed E-state index contributed by atoms with van der Waals surface area (Å²) in [5, 5.41) is 0. The Hall–Kier alpha value is -1.00. The molecule has 0 N–H and O–H groups in total. The quantitative estimate of drug-likeness (QED) is 0.622. The van der Waals surface area contributed by atoms with Crippen LogP contribution in [0.15, 0.2) is 0 Å². The first kappa shape index (κ1) is 10.5. The predicted molar refractivity (Wildman–Crippen MR) is 48.5 cm³/mol. The highest BCUT2D eigenvalue weighted by Crippen LogP contribution is 2.35. The summed E-state index contributed by atoms with van der Waals surface area (Å²) in [6.45, 7) is 0.120. The molecule has 0 aromatic carbocycles. The van der Waals surface area contributed by atoms with Crippen molar-refractivity contribution in [3.05, 3.63) is 0 Å². The first-order valence-corrected chi connectivity index (χ1v) is 5.17. The van der Waals surface area contributed by atoms with E-state index in [1.807, 2.05) is 0 Å². The number of Topliss-reactive ketones (excluding diaryl/α,β-unsaturated/α-hetero) is 1. The highest BCUT2D eigenvalue weighted by atomic mass is 19.3. The molecule has 0 atom stereocenters. The van der Waals surface area contributed by atoms with E-state index >= 15 is 0 Å². The van der Waals surface area contributed by atoms with E-state index in [4.69, 9.17) is 0 Å². The zero-order valence-electron chi connectivity index (χ0n) is 8.34. The molecule has 1 amide bonds. The van der Waals surface area contributed by atoms with Gasteiger partial charge in [-0.05, 0) is 12.8 Å². The molecule has 1 saturated heterocycles. The minimum absolute atomic E-state index is 0.0487. The van der Waals surface area contributed by atoms with Crippen molar-refractivity contribution >= 4 is 11.7 Å². The first-order chi connectivity index (χ1) is 6.98. The summed E-state index contributed by atoms with van der Waals surface area (Å²) in [6.07, 6.45) is 0.232. The highest BCUT2D eigenvalue weighted by molar-refractivity contribution is 6.05. The summed E-state index contributed by atoms with van der Waals surface area (Å²) in [7, 11) is 0. The lowest BCUT2D eigenvalue weighted by atomic mass is 9.91. The van der Waals surface area contributed by atoms with Gasteiger partial charge in [-0.3, -0.25) is 9.59 Å². The van der Waals surface area contributed by atoms with Crippen LogP contribution in [0.3, 0.4) is 0 Å². The van der Waals surface area contributed by atoms with Crippen LogP contribution in [0.25, 0.3) is 0 Å². The summed E-state index contributed by atoms with van der Waals surface area (Å²) < 4.78 is 25.7. The number of carbonyl (C=O) groups excluding carboxylic acids is 2. The van der Waals surface area contributed by atoms with Gasteiger partial charge in [0.05, 0.1) is 13.0 Å². The molecule has 1 aliphatic heterocycles. The van der Waals surface area contributed by atoms with Crippen molar-refractivity contribution in [3.63, 3.8) is 0 Å². The van der Waals surface area contributed by atoms with Gasteiger partial charge in [-0.1, -0.05) is 0 Å². The van der Waals surface area contributed by atoms with Crippen LogP contribution in [0.2, 0.25) is 0 Å². The Bertz CT molecular complexity index is 294. The van der Waals surface area contributed by atoms with Crippen LogP contribution < -0.4 is 0 Å². The van der Waals surface area contributed by atoms with Crippen molar-refractivity contribution in [2.45, 2.75) is 44.1 Å². The molecule has 0 unspecified atom stereocenters. The van der Waals surface area contributed by atoms with Crippen LogP contribution in [0.5, 0.6) is 0 Å². The number of hydrogen-bond acceptors (Lipinski definition) is 2. The number of likely N-dealkylation sites (tertiary alicyclic amines) is 1. The van der Waals surface area contributed by atoms with Gasteiger partial charge in [-0.25, -0.2) is 8.78 Å². The van der Waals surface area contributed by atoms with Crippen molar-refractivity contribution in [3.8, 4) is 0 Å². The van der Waals surface area contributed by atoms with E-state index in [-0.39, 0.29) is 43.5 Å². The van der Waals surface area contributed by atoms with Gasteiger partial charge >= 0.3 is 0 Å². The molecule has 0 bridgehead atoms. The largest absolute Gasteiger partial charge is 0.332 e. The molecule has 0 aromatic rings. The molecule has 0 aromatic heterocycles. The molecule has 3 nitrogen and oxygen atoms in total. The number of ketones is 1. The Balaban J connectivity index is 1.96. The molecular formula is C10H13F2NO2. The van der Waals surface area contributed by atoms with Crippen molar-refractivity contribution in [2.75, 3.05) is 6.54 Å². The van der Waals surface area contributed by atoms with Crippen molar-refractivity contribution < 1.29 is 18.4 Å². The average molecular weight is 217 g/mol. The summed E-state index contributed by atoms with van der Waals surface area (Å²) in [6, 6.07) is -0.149. The number of rotatable bonds is 1. The number of carbonyl (C=O) groups is 2. The van der Waals surface area contributed by atoms with E-state index in [0.29, 0.717) is 12.8 Å². The van der Waals surface area contributed by atoms with Gasteiger partial charge in [-0.15, -0.1) is 0 Å². The third-order valence-electron chi connectivity index (χ3n) is 3.14. The van der Waals surface area contributed by atoms with E-state index in [1.54, 1.807) is 0 Å². The first-order valence-electron chi connectivity index (χ1n) is 5.17. The second-order valence-electron chi connectivity index (χ2n) is 4.32. The van der Waals surface area contributed by atoms with Gasteiger partial charge in [0.15, 0.2) is 5.78 Å². The van der Waals surface area contributed by atoms with Crippen molar-refractivity contribution in [1.82, 2.24) is 4.90 Å². The van der Waals surface area contributed by atoms with Gasteiger partial charge in [0.25, 0.3) is 0 Å². The lowest BCUT2D eigenvalue weighted by Crippen LogP contribution is -2.41. The summed E-state index contributed by atoms with van der Waals surface area (Å²) in [5.41, 5.74) is 0. The topological polar surface area (TPSA) is 37.4 Å². The normalized spacial score (nSPS) is 27.5. The molecule has 0 radical (unpaired) electrons. The molecule has 1 heterocycles. The Labute approximate surface area is 86.4 Å². The molecule has 5 heteroatoms. The maximum atomic E-state index is 12.9. The van der Waals surface area contributed by atoms with Crippen molar-refractivity contribution in [1.29, 1.82) is 0 Å². The zero-order chi connectivity index (χ0) is 11.1. The number of halogens is 2. The van der Waals surface area contributed by atoms with Crippen LogP contribution in [-0.2, 0) is 9.59 Å². The lowest BCUT2D eigenvalue weighted by molar-refractivity contribution is -0.132. The van der Waals surface area contributed by atoms with Crippen LogP contribution in [0.4, 0.5) is 8.78 Å². The molecule has 0 spiro atoms. The third-order valence-corrected chi connectivity index (χ3v) is 3.14. The van der Waals surface area contributed by atoms with E-state index in [0.717, 1.165) is 0 Å². The fraction of sp³-hybridized carbons (Fsp3) is 0.800. The van der Waals surface area contributed by atoms with Crippen LogP contribution >= 0.6 is 0 Å². The summed E-state index contributed by atoms with van der Waals surface area (Å²) in [5.74, 6) is -2.88. The average Bonchev–Trinajstić information content (AvgIpc) is 2.45. The van der Waals surface area contributed by atoms with E-state index < -0.39 is 5.92 Å². The number of hydrogen-bond donors (Lipinski definition) is 0. The molecular weight excluding hydrogens is 204 g/mol. The summed E-state index contributed by atoms with van der Waals surface area (Å²) >= 11 is 0. The van der Waals surface area contributed by atoms with Gasteiger partial charge in [0.2, 0.25) is 11.8 Å². The second kappa shape index (κ2) is 3.54. The van der Waals surface area contributed by atoms with Crippen LogP contribution in [-0.4, -0.2) is 35.1 Å². The smallest absolute Gasteiger partial charge is 0.248 e. The highest BCUT2D eigenvalue weighted by Gasteiger charge is 2.40. The van der Waals surface area contributed by atoms with E-state index in [2.05, 4.69) is 0 Å². The SMILES string of the molecule is O=C1CC(=O)N(C2CCC(F)(F)CC2)C1. The maximum Gasteiger partial charge on any atom is 0.248 e. The Morgan fingerprint density at radius 3 is 2.27 bits per heavy atom. The summed E-state index contributed by atoms with van der Waals surface area (Å²) in [4.78, 5) is 23.9. The van der Waals surface area contributed by atoms with E-state index in [9.17, 15) is 18.4 Å². The molecule has 15 heavy (non-hydrogen) atoms. The lowest BCUT2D eigenvalue weighted by Gasteiger charge is -2.33. The van der Waals surface area contributed by atoms with Crippen LogP contribution in [0, 0.1) is 0 Å². The maximum absolute atomic E-state index is 12.9. The fourth-order valence-corrected chi connectivity index (χ4v) is 2.27.